The molecule has 31 heavy (non-hydrogen) atoms. The third-order valence-electron chi connectivity index (χ3n) is 4.20. The van der Waals surface area contributed by atoms with Crippen LogP contribution in [0.2, 0.25) is 0 Å². The fourth-order valence-electron chi connectivity index (χ4n) is 2.78. The van der Waals surface area contributed by atoms with Crippen molar-refractivity contribution in [3.05, 3.63) is 93.9 Å². The number of non-ortho nitro benzene ring substituents is 1. The SMILES string of the molecule is CC(C)NC(=O)C(=Cc1ccc(-c2cccc([N+](=O)[O-])c2)o1)NC(=O)c1ccccc1. The van der Waals surface area contributed by atoms with E-state index in [0.717, 1.165) is 0 Å². The van der Waals surface area contributed by atoms with Crippen molar-refractivity contribution in [3.63, 3.8) is 0 Å². The number of nitro groups is 1. The van der Waals surface area contributed by atoms with Crippen LogP contribution in [0.4, 0.5) is 5.69 Å². The number of amides is 2. The molecule has 1 heterocycles. The Bertz CT molecular complexity index is 1130. The number of rotatable bonds is 7. The molecule has 0 aliphatic heterocycles. The van der Waals surface area contributed by atoms with Crippen LogP contribution in [0.15, 0.2) is 76.8 Å². The predicted molar refractivity (Wildman–Crippen MR) is 116 cm³/mol. The van der Waals surface area contributed by atoms with Crippen molar-refractivity contribution < 1.29 is 18.9 Å². The number of nitrogens with one attached hydrogen (secondary N) is 2. The third kappa shape index (κ3) is 5.66. The summed E-state index contributed by atoms with van der Waals surface area (Å²) in [5, 5.41) is 16.4. The minimum absolute atomic E-state index is 0.0162. The van der Waals surface area contributed by atoms with Crippen LogP contribution in [0.3, 0.4) is 0 Å². The van der Waals surface area contributed by atoms with E-state index in [2.05, 4.69) is 10.6 Å². The summed E-state index contributed by atoms with van der Waals surface area (Å²) < 4.78 is 5.75. The minimum Gasteiger partial charge on any atom is -0.457 e. The van der Waals surface area contributed by atoms with Crippen molar-refractivity contribution in [2.75, 3.05) is 0 Å². The molecule has 0 atom stereocenters. The van der Waals surface area contributed by atoms with E-state index in [0.29, 0.717) is 22.6 Å². The molecule has 1 aromatic heterocycles. The second-order valence-electron chi connectivity index (χ2n) is 7.02. The molecule has 3 rings (SSSR count). The molecule has 0 saturated carbocycles. The average Bonchev–Trinajstić information content (AvgIpc) is 3.22. The smallest absolute Gasteiger partial charge is 0.270 e. The van der Waals surface area contributed by atoms with Gasteiger partial charge in [0, 0.05) is 35.4 Å². The van der Waals surface area contributed by atoms with E-state index in [-0.39, 0.29) is 17.4 Å². The Hall–Kier alpha value is -4.20. The van der Waals surface area contributed by atoms with Crippen molar-refractivity contribution in [1.29, 1.82) is 0 Å². The van der Waals surface area contributed by atoms with Crippen LogP contribution in [-0.2, 0) is 4.79 Å². The number of hydrogen-bond donors (Lipinski definition) is 2. The lowest BCUT2D eigenvalue weighted by Gasteiger charge is -2.12. The maximum absolute atomic E-state index is 12.6. The monoisotopic (exact) mass is 419 g/mol. The van der Waals surface area contributed by atoms with Crippen LogP contribution >= 0.6 is 0 Å². The van der Waals surface area contributed by atoms with Crippen molar-refractivity contribution in [2.45, 2.75) is 19.9 Å². The highest BCUT2D eigenvalue weighted by Gasteiger charge is 2.17. The summed E-state index contributed by atoms with van der Waals surface area (Å²) in [7, 11) is 0. The summed E-state index contributed by atoms with van der Waals surface area (Å²) in [5.41, 5.74) is 0.887. The van der Waals surface area contributed by atoms with Gasteiger partial charge >= 0.3 is 0 Å². The summed E-state index contributed by atoms with van der Waals surface area (Å²) in [5.74, 6) is -0.194. The molecule has 0 fully saturated rings. The van der Waals surface area contributed by atoms with Crippen molar-refractivity contribution >= 4 is 23.6 Å². The Labute approximate surface area is 178 Å². The van der Waals surface area contributed by atoms with Crippen LogP contribution in [0.25, 0.3) is 17.4 Å². The highest BCUT2D eigenvalue weighted by Crippen LogP contribution is 2.26. The van der Waals surface area contributed by atoms with Gasteiger partial charge in [0.15, 0.2) is 0 Å². The molecule has 2 amide bonds. The largest absolute Gasteiger partial charge is 0.457 e. The second kappa shape index (κ2) is 9.53. The first-order valence-electron chi connectivity index (χ1n) is 9.57. The van der Waals surface area contributed by atoms with Crippen LogP contribution in [-0.4, -0.2) is 22.8 Å². The first kappa shape index (κ1) is 21.5. The maximum Gasteiger partial charge on any atom is 0.270 e. The molecule has 2 aromatic carbocycles. The van der Waals surface area contributed by atoms with Gasteiger partial charge in [-0.3, -0.25) is 19.7 Å². The Morgan fingerprint density at radius 3 is 2.45 bits per heavy atom. The zero-order chi connectivity index (χ0) is 22.4. The molecule has 8 nitrogen and oxygen atoms in total. The average molecular weight is 419 g/mol. The fraction of sp³-hybridized carbons (Fsp3) is 0.130. The highest BCUT2D eigenvalue weighted by atomic mass is 16.6. The number of nitrogens with zero attached hydrogens (tertiary/aromatic N) is 1. The number of nitro benzene ring substituents is 1. The van der Waals surface area contributed by atoms with E-state index in [1.165, 1.54) is 18.2 Å². The Balaban J connectivity index is 1.89. The summed E-state index contributed by atoms with van der Waals surface area (Å²) in [6.45, 7) is 3.61. The zero-order valence-electron chi connectivity index (χ0n) is 17.0. The summed E-state index contributed by atoms with van der Waals surface area (Å²) >= 11 is 0. The molecule has 3 aromatic rings. The maximum atomic E-state index is 12.6. The zero-order valence-corrected chi connectivity index (χ0v) is 17.0. The lowest BCUT2D eigenvalue weighted by molar-refractivity contribution is -0.384. The molecule has 0 radical (unpaired) electrons. The minimum atomic E-state index is -0.485. The Kier molecular flexibility index (Phi) is 6.61. The van der Waals surface area contributed by atoms with Crippen molar-refractivity contribution in [1.82, 2.24) is 10.6 Å². The van der Waals surface area contributed by atoms with Crippen LogP contribution < -0.4 is 10.6 Å². The number of carbonyl (C=O) groups is 2. The van der Waals surface area contributed by atoms with Crippen LogP contribution in [0.5, 0.6) is 0 Å². The van der Waals surface area contributed by atoms with E-state index >= 15 is 0 Å². The van der Waals surface area contributed by atoms with Gasteiger partial charge in [-0.1, -0.05) is 30.3 Å². The number of furan rings is 1. The molecular weight excluding hydrogens is 398 g/mol. The molecule has 158 valence electrons. The number of benzene rings is 2. The van der Waals surface area contributed by atoms with Gasteiger partial charge in [0.05, 0.1) is 4.92 Å². The molecular formula is C23H21N3O5. The molecule has 0 aliphatic rings. The van der Waals surface area contributed by atoms with Gasteiger partial charge in [0.2, 0.25) is 0 Å². The normalized spacial score (nSPS) is 11.3. The lowest BCUT2D eigenvalue weighted by atomic mass is 10.1. The van der Waals surface area contributed by atoms with Crippen molar-refractivity contribution in [2.24, 2.45) is 0 Å². The standard InChI is InChI=1S/C23H21N3O5/c1-15(2)24-23(28)20(25-22(27)16-7-4-3-5-8-16)14-19-11-12-21(31-19)17-9-6-10-18(13-17)26(29)30/h3-15H,1-2H3,(H,24,28)(H,25,27). The van der Waals surface area contributed by atoms with Gasteiger partial charge in [-0.25, -0.2) is 0 Å². The van der Waals surface area contributed by atoms with E-state index in [4.69, 9.17) is 4.42 Å². The fourth-order valence-corrected chi connectivity index (χ4v) is 2.78. The van der Waals surface area contributed by atoms with Gasteiger partial charge in [0.25, 0.3) is 17.5 Å². The topological polar surface area (TPSA) is 114 Å². The molecule has 0 aliphatic carbocycles. The van der Waals surface area contributed by atoms with E-state index < -0.39 is 16.7 Å². The molecule has 0 saturated heterocycles. The predicted octanol–water partition coefficient (Wildman–Crippen LogP) is 4.15. The molecule has 0 unspecified atom stereocenters. The molecule has 8 heteroatoms. The molecule has 2 N–H and O–H groups in total. The lowest BCUT2D eigenvalue weighted by Crippen LogP contribution is -2.38. The first-order chi connectivity index (χ1) is 14.8. The van der Waals surface area contributed by atoms with E-state index in [9.17, 15) is 19.7 Å². The molecule has 0 spiro atoms. The quantitative estimate of drug-likeness (QED) is 0.339. The number of carbonyl (C=O) groups excluding carboxylic acids is 2. The van der Waals surface area contributed by atoms with Crippen LogP contribution in [0, 0.1) is 10.1 Å². The Morgan fingerprint density at radius 1 is 1.03 bits per heavy atom. The van der Waals surface area contributed by atoms with Gasteiger partial charge in [-0.15, -0.1) is 0 Å². The number of hydrogen-bond acceptors (Lipinski definition) is 5. The summed E-state index contributed by atoms with van der Waals surface area (Å²) in [4.78, 5) is 35.7. The molecule has 0 bridgehead atoms. The van der Waals surface area contributed by atoms with E-state index in [1.54, 1.807) is 54.6 Å². The van der Waals surface area contributed by atoms with Gasteiger partial charge < -0.3 is 15.1 Å². The second-order valence-corrected chi connectivity index (χ2v) is 7.02. The first-order valence-corrected chi connectivity index (χ1v) is 9.57. The highest BCUT2D eigenvalue weighted by molar-refractivity contribution is 6.05. The van der Waals surface area contributed by atoms with Gasteiger partial charge in [-0.2, -0.15) is 0 Å². The van der Waals surface area contributed by atoms with E-state index in [1.807, 2.05) is 13.8 Å². The van der Waals surface area contributed by atoms with Gasteiger partial charge in [-0.05, 0) is 38.1 Å². The summed E-state index contributed by atoms with van der Waals surface area (Å²) in [6.07, 6.45) is 1.42. The third-order valence-corrected chi connectivity index (χ3v) is 4.20. The summed E-state index contributed by atoms with van der Waals surface area (Å²) in [6, 6.07) is 17.7. The van der Waals surface area contributed by atoms with Gasteiger partial charge in [0.1, 0.15) is 17.2 Å². The van der Waals surface area contributed by atoms with Crippen molar-refractivity contribution in [3.8, 4) is 11.3 Å². The Morgan fingerprint density at radius 2 is 1.77 bits per heavy atom. The van der Waals surface area contributed by atoms with Crippen LogP contribution in [0.1, 0.15) is 30.0 Å².